The Morgan fingerprint density at radius 2 is 1.96 bits per heavy atom. The minimum absolute atomic E-state index is 0.0408. The van der Waals surface area contributed by atoms with Crippen molar-refractivity contribution in [3.8, 4) is 5.75 Å². The normalized spacial score (nSPS) is 20.3. The molecule has 3 N–H and O–H groups in total. The predicted molar refractivity (Wildman–Crippen MR) is 106 cm³/mol. The summed E-state index contributed by atoms with van der Waals surface area (Å²) >= 11 is 0. The van der Waals surface area contributed by atoms with Crippen molar-refractivity contribution in [1.82, 2.24) is 19.7 Å². The van der Waals surface area contributed by atoms with Gasteiger partial charge in [0.1, 0.15) is 11.6 Å². The number of hydrogen-bond acceptors (Lipinski definition) is 5. The number of hydrogen-bond donors (Lipinski definition) is 2. The Balaban J connectivity index is 1.54. The summed E-state index contributed by atoms with van der Waals surface area (Å²) in [7, 11) is 0. The summed E-state index contributed by atoms with van der Waals surface area (Å²) in [5.41, 5.74) is 7.24. The number of phenolic OH excluding ortho intramolecular Hbond substituents is 1. The van der Waals surface area contributed by atoms with Gasteiger partial charge in [0, 0.05) is 12.5 Å². The molecule has 2 aromatic rings. The molecule has 1 saturated carbocycles. The number of fused-ring (bicyclic) bond motifs is 1. The molecule has 0 saturated heterocycles. The fraction of sp³-hybridized carbons (Fsp3) is 0.571. The smallest absolute Gasteiger partial charge is 0.240 e. The Morgan fingerprint density at radius 1 is 1.25 bits per heavy atom. The summed E-state index contributed by atoms with van der Waals surface area (Å²) in [5, 5.41) is 14.1. The molecule has 28 heavy (non-hydrogen) atoms. The van der Waals surface area contributed by atoms with E-state index in [1.165, 1.54) is 12.8 Å². The van der Waals surface area contributed by atoms with Crippen LogP contribution in [0.3, 0.4) is 0 Å². The average Bonchev–Trinajstić information content (AvgIpc) is 3.42. The second-order valence-electron chi connectivity index (χ2n) is 8.48. The number of rotatable bonds is 6. The number of nitrogens with two attached hydrogens (primary N) is 1. The molecule has 2 aliphatic rings. The van der Waals surface area contributed by atoms with Crippen molar-refractivity contribution >= 4 is 5.91 Å². The molecule has 2 heterocycles. The molecular formula is C21H29N5O2. The highest BCUT2D eigenvalue weighted by Gasteiger charge is 2.38. The Kier molecular flexibility index (Phi) is 5.10. The predicted octanol–water partition coefficient (Wildman–Crippen LogP) is 2.36. The van der Waals surface area contributed by atoms with Gasteiger partial charge in [0.05, 0.1) is 18.6 Å². The number of nitrogens with zero attached hydrogens (tertiary/aromatic N) is 4. The quantitative estimate of drug-likeness (QED) is 0.798. The largest absolute Gasteiger partial charge is 0.508 e. The molecule has 1 fully saturated rings. The van der Waals surface area contributed by atoms with Gasteiger partial charge in [0.25, 0.3) is 0 Å². The molecular weight excluding hydrogens is 354 g/mol. The molecule has 0 unspecified atom stereocenters. The molecule has 1 aliphatic heterocycles. The monoisotopic (exact) mass is 383 g/mol. The highest BCUT2D eigenvalue weighted by Crippen LogP contribution is 2.40. The van der Waals surface area contributed by atoms with E-state index in [-0.39, 0.29) is 17.7 Å². The molecule has 1 aromatic heterocycles. The van der Waals surface area contributed by atoms with Crippen LogP contribution in [-0.2, 0) is 17.8 Å². The molecule has 1 amide bonds. The van der Waals surface area contributed by atoms with Crippen LogP contribution in [0.5, 0.6) is 5.75 Å². The third-order valence-corrected chi connectivity index (χ3v) is 5.57. The molecule has 0 radical (unpaired) electrons. The summed E-state index contributed by atoms with van der Waals surface area (Å²) in [6.07, 6.45) is 3.63. The first kappa shape index (κ1) is 18.9. The minimum atomic E-state index is -0.614. The van der Waals surface area contributed by atoms with Crippen molar-refractivity contribution < 1.29 is 9.90 Å². The second kappa shape index (κ2) is 7.54. The van der Waals surface area contributed by atoms with E-state index in [2.05, 4.69) is 13.8 Å². The topological polar surface area (TPSA) is 97.3 Å². The number of amides is 1. The molecule has 1 aliphatic carbocycles. The lowest BCUT2D eigenvalue weighted by atomic mass is 9.98. The third kappa shape index (κ3) is 3.90. The maximum Gasteiger partial charge on any atom is 0.240 e. The zero-order valence-corrected chi connectivity index (χ0v) is 16.6. The van der Waals surface area contributed by atoms with Gasteiger partial charge in [-0.25, -0.2) is 9.67 Å². The van der Waals surface area contributed by atoms with E-state index in [4.69, 9.17) is 15.8 Å². The van der Waals surface area contributed by atoms with E-state index in [1.54, 1.807) is 12.1 Å². The van der Waals surface area contributed by atoms with Crippen molar-refractivity contribution in [3.05, 3.63) is 41.5 Å². The van der Waals surface area contributed by atoms with Crippen molar-refractivity contribution in [2.75, 3.05) is 6.54 Å². The first-order chi connectivity index (χ1) is 13.4. The average molecular weight is 383 g/mol. The molecule has 1 aromatic carbocycles. The maximum atomic E-state index is 13.2. The lowest BCUT2D eigenvalue weighted by molar-refractivity contribution is -0.136. The Labute approximate surface area is 165 Å². The molecule has 0 spiro atoms. The van der Waals surface area contributed by atoms with Gasteiger partial charge in [-0.05, 0) is 49.3 Å². The maximum absolute atomic E-state index is 13.2. The van der Waals surface area contributed by atoms with Crippen LogP contribution < -0.4 is 5.73 Å². The number of aromatic nitrogens is 3. The lowest BCUT2D eigenvalue weighted by Crippen LogP contribution is -2.50. The lowest BCUT2D eigenvalue weighted by Gasteiger charge is -2.37. The zero-order valence-electron chi connectivity index (χ0n) is 16.6. The molecule has 2 atom stereocenters. The van der Waals surface area contributed by atoms with Crippen LogP contribution in [0.1, 0.15) is 62.3 Å². The van der Waals surface area contributed by atoms with Crippen molar-refractivity contribution in [3.63, 3.8) is 0 Å². The van der Waals surface area contributed by atoms with E-state index in [0.29, 0.717) is 31.3 Å². The summed E-state index contributed by atoms with van der Waals surface area (Å²) in [6, 6.07) is 6.17. The van der Waals surface area contributed by atoms with Crippen LogP contribution in [0.2, 0.25) is 0 Å². The van der Waals surface area contributed by atoms with E-state index in [1.807, 2.05) is 21.7 Å². The number of phenols is 1. The summed E-state index contributed by atoms with van der Waals surface area (Å²) in [6.45, 7) is 5.60. The highest BCUT2D eigenvalue weighted by molar-refractivity contribution is 5.82. The molecule has 7 heteroatoms. The summed E-state index contributed by atoms with van der Waals surface area (Å²) in [4.78, 5) is 19.9. The van der Waals surface area contributed by atoms with Gasteiger partial charge in [0.2, 0.25) is 5.91 Å². The van der Waals surface area contributed by atoms with E-state index in [9.17, 15) is 9.90 Å². The van der Waals surface area contributed by atoms with Crippen LogP contribution in [-0.4, -0.2) is 43.3 Å². The van der Waals surface area contributed by atoms with Gasteiger partial charge in [-0.1, -0.05) is 26.0 Å². The number of carbonyl (C=O) groups excluding carboxylic acids is 1. The first-order valence-corrected chi connectivity index (χ1v) is 10.2. The number of carbonyl (C=O) groups is 1. The third-order valence-electron chi connectivity index (χ3n) is 5.57. The number of benzene rings is 1. The van der Waals surface area contributed by atoms with Crippen molar-refractivity contribution in [1.29, 1.82) is 0 Å². The van der Waals surface area contributed by atoms with Crippen molar-refractivity contribution in [2.45, 2.75) is 64.1 Å². The first-order valence-electron chi connectivity index (χ1n) is 10.2. The van der Waals surface area contributed by atoms with Gasteiger partial charge in [0.15, 0.2) is 5.82 Å². The van der Waals surface area contributed by atoms with Crippen LogP contribution in [0.15, 0.2) is 24.3 Å². The van der Waals surface area contributed by atoms with Crippen LogP contribution >= 0.6 is 0 Å². The van der Waals surface area contributed by atoms with Gasteiger partial charge in [-0.15, -0.1) is 0 Å². The molecule has 150 valence electrons. The van der Waals surface area contributed by atoms with Crippen LogP contribution in [0, 0.1) is 5.92 Å². The highest BCUT2D eigenvalue weighted by atomic mass is 16.3. The van der Waals surface area contributed by atoms with E-state index in [0.717, 1.165) is 23.6 Å². The molecule has 4 rings (SSSR count). The summed E-state index contributed by atoms with van der Waals surface area (Å²) in [5.74, 6) is 2.95. The number of aromatic hydroxyl groups is 1. The van der Waals surface area contributed by atoms with E-state index < -0.39 is 6.04 Å². The van der Waals surface area contributed by atoms with Gasteiger partial charge >= 0.3 is 0 Å². The molecule has 7 nitrogen and oxygen atoms in total. The van der Waals surface area contributed by atoms with Gasteiger partial charge in [-0.2, -0.15) is 5.10 Å². The Hall–Kier alpha value is -2.41. The molecule has 0 bridgehead atoms. The zero-order chi connectivity index (χ0) is 19.8. The van der Waals surface area contributed by atoms with E-state index >= 15 is 0 Å². The minimum Gasteiger partial charge on any atom is -0.508 e. The summed E-state index contributed by atoms with van der Waals surface area (Å²) < 4.78 is 2.00. The Bertz CT molecular complexity index is 841. The van der Waals surface area contributed by atoms with Crippen molar-refractivity contribution in [2.24, 2.45) is 11.7 Å². The van der Waals surface area contributed by atoms with Crippen LogP contribution in [0.25, 0.3) is 0 Å². The second-order valence-corrected chi connectivity index (χ2v) is 8.48. The van der Waals surface area contributed by atoms with Crippen LogP contribution in [0.4, 0.5) is 0 Å². The SMILES string of the molecule is CC(C)C[C@H]1c2nc(C3CC3)nn2CCN1C(=O)[C@@H](N)Cc1ccc(O)cc1. The Morgan fingerprint density at radius 3 is 2.61 bits per heavy atom. The van der Waals surface area contributed by atoms with Gasteiger partial charge in [-0.3, -0.25) is 4.79 Å². The standard InChI is InChI=1S/C21H29N5O2/c1-13(2)11-18-20-23-19(15-5-6-15)24-26(20)10-9-25(18)21(28)17(22)12-14-3-7-16(27)8-4-14/h3-4,7-8,13,15,17-18,27H,5-6,9-12,22H2,1-2H3/t17-,18-/m0/s1. The fourth-order valence-electron chi connectivity index (χ4n) is 3.92. The van der Waals surface area contributed by atoms with Gasteiger partial charge < -0.3 is 15.7 Å². The fourth-order valence-corrected chi connectivity index (χ4v) is 3.92.